The summed E-state index contributed by atoms with van der Waals surface area (Å²) >= 11 is 3.56. The van der Waals surface area contributed by atoms with Gasteiger partial charge in [-0.25, -0.2) is 0 Å². The number of rotatable bonds is 3. The van der Waals surface area contributed by atoms with Crippen molar-refractivity contribution in [2.75, 3.05) is 5.32 Å². The van der Waals surface area contributed by atoms with Gasteiger partial charge in [0.05, 0.1) is 0 Å². The van der Waals surface area contributed by atoms with Crippen LogP contribution in [-0.4, -0.2) is 4.98 Å². The number of benzene rings is 1. The normalized spacial score (nSPS) is 10.3. The average molecular weight is 291 g/mol. The molecule has 17 heavy (non-hydrogen) atoms. The third-order valence-corrected chi connectivity index (χ3v) is 3.20. The van der Waals surface area contributed by atoms with E-state index in [1.807, 2.05) is 12.4 Å². The molecule has 1 aromatic heterocycles. The Hall–Kier alpha value is -1.35. The molecule has 2 nitrogen and oxygen atoms in total. The Labute approximate surface area is 110 Å². The van der Waals surface area contributed by atoms with Crippen molar-refractivity contribution in [3.63, 3.8) is 0 Å². The zero-order valence-corrected chi connectivity index (χ0v) is 11.6. The molecule has 0 saturated carbocycles. The topological polar surface area (TPSA) is 24.9 Å². The lowest BCUT2D eigenvalue weighted by Crippen LogP contribution is -2.01. The third kappa shape index (κ3) is 3.30. The highest BCUT2D eigenvalue weighted by Crippen LogP contribution is 2.23. The Bertz CT molecular complexity index is 523. The molecule has 2 aromatic rings. The van der Waals surface area contributed by atoms with Gasteiger partial charge in [-0.3, -0.25) is 4.98 Å². The summed E-state index contributed by atoms with van der Waals surface area (Å²) in [5, 5.41) is 3.40. The van der Waals surface area contributed by atoms with E-state index in [0.29, 0.717) is 0 Å². The summed E-state index contributed by atoms with van der Waals surface area (Å²) in [6.07, 6.45) is 3.76. The number of halogens is 1. The fraction of sp³-hybridized carbons (Fsp3) is 0.214. The van der Waals surface area contributed by atoms with E-state index in [0.717, 1.165) is 16.7 Å². The number of nitrogens with zero attached hydrogens (tertiary/aromatic N) is 1. The van der Waals surface area contributed by atoms with Crippen LogP contribution in [0.5, 0.6) is 0 Å². The SMILES string of the molecule is Cc1cncc(CNc2ccc(C)cc2Br)c1. The van der Waals surface area contributed by atoms with Crippen LogP contribution in [0.2, 0.25) is 0 Å². The molecule has 0 bridgehead atoms. The van der Waals surface area contributed by atoms with Crippen molar-refractivity contribution in [2.24, 2.45) is 0 Å². The molecule has 3 heteroatoms. The first-order valence-corrected chi connectivity index (χ1v) is 6.35. The van der Waals surface area contributed by atoms with Gasteiger partial charge in [-0.15, -0.1) is 0 Å². The first-order chi connectivity index (χ1) is 8.15. The van der Waals surface area contributed by atoms with Gasteiger partial charge < -0.3 is 5.32 Å². The number of anilines is 1. The Morgan fingerprint density at radius 1 is 1.12 bits per heavy atom. The van der Waals surface area contributed by atoms with Crippen LogP contribution in [-0.2, 0) is 6.54 Å². The highest BCUT2D eigenvalue weighted by Gasteiger charge is 2.00. The van der Waals surface area contributed by atoms with Gasteiger partial charge in [-0.1, -0.05) is 12.1 Å². The van der Waals surface area contributed by atoms with Crippen LogP contribution in [0.25, 0.3) is 0 Å². The maximum atomic E-state index is 4.18. The molecular formula is C14H15BrN2. The van der Waals surface area contributed by atoms with Crippen molar-refractivity contribution in [3.8, 4) is 0 Å². The molecule has 0 aliphatic rings. The Kier molecular flexibility index (Phi) is 3.79. The molecule has 0 aliphatic heterocycles. The second kappa shape index (κ2) is 5.32. The second-order valence-electron chi connectivity index (χ2n) is 4.21. The fourth-order valence-corrected chi connectivity index (χ4v) is 2.31. The summed E-state index contributed by atoms with van der Waals surface area (Å²) in [5.74, 6) is 0. The Morgan fingerprint density at radius 2 is 1.94 bits per heavy atom. The van der Waals surface area contributed by atoms with Crippen LogP contribution in [0.1, 0.15) is 16.7 Å². The van der Waals surface area contributed by atoms with Gasteiger partial charge in [0, 0.05) is 29.1 Å². The zero-order chi connectivity index (χ0) is 12.3. The smallest absolute Gasteiger partial charge is 0.0487 e. The largest absolute Gasteiger partial charge is 0.380 e. The molecule has 2 rings (SSSR count). The van der Waals surface area contributed by atoms with E-state index in [1.54, 1.807) is 0 Å². The third-order valence-electron chi connectivity index (χ3n) is 2.54. The molecular weight excluding hydrogens is 276 g/mol. The van der Waals surface area contributed by atoms with Gasteiger partial charge in [0.1, 0.15) is 0 Å². The number of aryl methyl sites for hydroxylation is 2. The number of hydrogen-bond acceptors (Lipinski definition) is 2. The minimum absolute atomic E-state index is 0.788. The molecule has 1 N–H and O–H groups in total. The first-order valence-electron chi connectivity index (χ1n) is 5.56. The lowest BCUT2D eigenvalue weighted by Gasteiger charge is -2.09. The van der Waals surface area contributed by atoms with Gasteiger partial charge in [0.15, 0.2) is 0 Å². The lowest BCUT2D eigenvalue weighted by molar-refractivity contribution is 1.09. The van der Waals surface area contributed by atoms with Crippen molar-refractivity contribution in [2.45, 2.75) is 20.4 Å². The predicted molar refractivity (Wildman–Crippen MR) is 75.2 cm³/mol. The fourth-order valence-electron chi connectivity index (χ4n) is 1.68. The zero-order valence-electron chi connectivity index (χ0n) is 10.00. The lowest BCUT2D eigenvalue weighted by atomic mass is 10.2. The number of nitrogens with one attached hydrogen (secondary N) is 1. The second-order valence-corrected chi connectivity index (χ2v) is 5.06. The van der Waals surface area contributed by atoms with Crippen LogP contribution < -0.4 is 5.32 Å². The van der Waals surface area contributed by atoms with Gasteiger partial charge in [0.25, 0.3) is 0 Å². The molecule has 0 spiro atoms. The van der Waals surface area contributed by atoms with E-state index in [4.69, 9.17) is 0 Å². The molecule has 0 fully saturated rings. The summed E-state index contributed by atoms with van der Waals surface area (Å²) < 4.78 is 1.10. The van der Waals surface area contributed by atoms with E-state index < -0.39 is 0 Å². The van der Waals surface area contributed by atoms with Gasteiger partial charge in [-0.2, -0.15) is 0 Å². The molecule has 0 saturated heterocycles. The first kappa shape index (κ1) is 12.1. The van der Waals surface area contributed by atoms with Crippen molar-refractivity contribution >= 4 is 21.6 Å². The summed E-state index contributed by atoms with van der Waals surface area (Å²) in [6, 6.07) is 8.43. The maximum absolute atomic E-state index is 4.18. The van der Waals surface area contributed by atoms with Crippen LogP contribution in [0.4, 0.5) is 5.69 Å². The Balaban J connectivity index is 2.07. The summed E-state index contributed by atoms with van der Waals surface area (Å²) in [5.41, 5.74) is 4.74. The van der Waals surface area contributed by atoms with E-state index >= 15 is 0 Å². The summed E-state index contributed by atoms with van der Waals surface area (Å²) in [4.78, 5) is 4.18. The van der Waals surface area contributed by atoms with Crippen LogP contribution in [0, 0.1) is 13.8 Å². The van der Waals surface area contributed by atoms with Crippen molar-refractivity contribution in [1.29, 1.82) is 0 Å². The minimum atomic E-state index is 0.788. The number of pyridine rings is 1. The maximum Gasteiger partial charge on any atom is 0.0487 e. The molecule has 0 unspecified atom stereocenters. The highest BCUT2D eigenvalue weighted by molar-refractivity contribution is 9.10. The molecule has 0 radical (unpaired) electrons. The molecule has 88 valence electrons. The van der Waals surface area contributed by atoms with E-state index in [-0.39, 0.29) is 0 Å². The van der Waals surface area contributed by atoms with E-state index in [9.17, 15) is 0 Å². The monoisotopic (exact) mass is 290 g/mol. The summed E-state index contributed by atoms with van der Waals surface area (Å²) in [6.45, 7) is 4.92. The standard InChI is InChI=1S/C14H15BrN2/c1-10-3-4-14(13(15)6-10)17-9-12-5-11(2)7-16-8-12/h3-8,17H,9H2,1-2H3. The number of hydrogen-bond donors (Lipinski definition) is 1. The van der Waals surface area contributed by atoms with E-state index in [1.165, 1.54) is 16.7 Å². The quantitative estimate of drug-likeness (QED) is 0.922. The molecule has 0 atom stereocenters. The van der Waals surface area contributed by atoms with Crippen molar-refractivity contribution in [3.05, 3.63) is 57.8 Å². The molecule has 0 aliphatic carbocycles. The van der Waals surface area contributed by atoms with Gasteiger partial charge >= 0.3 is 0 Å². The predicted octanol–water partition coefficient (Wildman–Crippen LogP) is 4.07. The van der Waals surface area contributed by atoms with Crippen LogP contribution in [0.15, 0.2) is 41.1 Å². The van der Waals surface area contributed by atoms with Crippen molar-refractivity contribution < 1.29 is 0 Å². The molecule has 1 aromatic carbocycles. The van der Waals surface area contributed by atoms with Crippen LogP contribution >= 0.6 is 15.9 Å². The molecule has 1 heterocycles. The summed E-state index contributed by atoms with van der Waals surface area (Å²) in [7, 11) is 0. The van der Waals surface area contributed by atoms with Crippen molar-refractivity contribution in [1.82, 2.24) is 4.98 Å². The van der Waals surface area contributed by atoms with Gasteiger partial charge in [0.2, 0.25) is 0 Å². The van der Waals surface area contributed by atoms with E-state index in [2.05, 4.69) is 64.3 Å². The van der Waals surface area contributed by atoms with Crippen LogP contribution in [0.3, 0.4) is 0 Å². The highest BCUT2D eigenvalue weighted by atomic mass is 79.9. The molecule has 0 amide bonds. The van der Waals surface area contributed by atoms with Gasteiger partial charge in [-0.05, 0) is 58.6 Å². The number of aromatic nitrogens is 1. The minimum Gasteiger partial charge on any atom is -0.380 e. The average Bonchev–Trinajstić information content (AvgIpc) is 2.28. The Morgan fingerprint density at radius 3 is 2.65 bits per heavy atom.